The number of nitrogens with zero attached hydrogens (tertiary/aromatic N) is 1. The first-order chi connectivity index (χ1) is 11.0. The Morgan fingerprint density at radius 2 is 1.87 bits per heavy atom. The number of pyridine rings is 1. The van der Waals surface area contributed by atoms with Gasteiger partial charge in [-0.15, -0.1) is 11.8 Å². The number of carbonyl (C=O) groups is 2. The van der Waals surface area contributed by atoms with Crippen LogP contribution in [0.1, 0.15) is 21.5 Å². The minimum Gasteiger partial charge on any atom is -0.452 e. The number of hydrogen-bond donors (Lipinski definition) is 1. The minimum absolute atomic E-state index is 0.338. The SMILES string of the molecule is CSc1ncccc1C(=O)OCC(=O)Nc1c(C)cccc1C. The number of ether oxygens (including phenoxy) is 1. The van der Waals surface area contributed by atoms with Crippen LogP contribution < -0.4 is 5.32 Å². The molecule has 5 nitrogen and oxygen atoms in total. The molecule has 1 aromatic carbocycles. The summed E-state index contributed by atoms with van der Waals surface area (Å²) < 4.78 is 5.08. The summed E-state index contributed by atoms with van der Waals surface area (Å²) in [5.74, 6) is -0.926. The minimum atomic E-state index is -0.556. The van der Waals surface area contributed by atoms with Gasteiger partial charge in [0.15, 0.2) is 6.61 Å². The summed E-state index contributed by atoms with van der Waals surface area (Å²) in [7, 11) is 0. The van der Waals surface area contributed by atoms with Crippen molar-refractivity contribution in [2.45, 2.75) is 18.9 Å². The second-order valence-electron chi connectivity index (χ2n) is 4.95. The van der Waals surface area contributed by atoms with Crippen LogP contribution >= 0.6 is 11.8 Å². The molecule has 23 heavy (non-hydrogen) atoms. The molecule has 0 bridgehead atoms. The zero-order valence-electron chi connectivity index (χ0n) is 13.3. The number of benzene rings is 1. The summed E-state index contributed by atoms with van der Waals surface area (Å²) >= 11 is 1.35. The largest absolute Gasteiger partial charge is 0.452 e. The predicted octanol–water partition coefficient (Wildman–Crippen LogP) is 3.22. The van der Waals surface area contributed by atoms with Gasteiger partial charge < -0.3 is 10.1 Å². The van der Waals surface area contributed by atoms with E-state index in [0.717, 1.165) is 16.8 Å². The molecule has 0 aliphatic rings. The van der Waals surface area contributed by atoms with Crippen molar-refractivity contribution >= 4 is 29.3 Å². The Labute approximate surface area is 139 Å². The van der Waals surface area contributed by atoms with Gasteiger partial charge in [0.2, 0.25) is 0 Å². The molecule has 0 aliphatic heterocycles. The van der Waals surface area contributed by atoms with Crippen molar-refractivity contribution in [1.82, 2.24) is 4.98 Å². The third-order valence-electron chi connectivity index (χ3n) is 3.26. The quantitative estimate of drug-likeness (QED) is 0.673. The first kappa shape index (κ1) is 17.0. The molecule has 2 aromatic rings. The summed E-state index contributed by atoms with van der Waals surface area (Å²) in [6, 6.07) is 9.04. The van der Waals surface area contributed by atoms with Gasteiger partial charge in [-0.1, -0.05) is 18.2 Å². The molecule has 1 heterocycles. The van der Waals surface area contributed by atoms with E-state index in [1.54, 1.807) is 18.3 Å². The monoisotopic (exact) mass is 330 g/mol. The van der Waals surface area contributed by atoms with Gasteiger partial charge in [-0.05, 0) is 43.4 Å². The first-order valence-electron chi connectivity index (χ1n) is 7.05. The molecule has 0 saturated heterocycles. The number of amides is 1. The molecule has 1 aromatic heterocycles. The zero-order valence-corrected chi connectivity index (χ0v) is 14.1. The van der Waals surface area contributed by atoms with E-state index in [1.807, 2.05) is 38.3 Å². The highest BCUT2D eigenvalue weighted by atomic mass is 32.2. The number of aromatic nitrogens is 1. The van der Waals surface area contributed by atoms with E-state index in [-0.39, 0.29) is 12.5 Å². The molecule has 120 valence electrons. The van der Waals surface area contributed by atoms with Crippen LogP contribution in [0, 0.1) is 13.8 Å². The van der Waals surface area contributed by atoms with Gasteiger partial charge in [0.25, 0.3) is 5.91 Å². The fraction of sp³-hybridized carbons (Fsp3) is 0.235. The lowest BCUT2D eigenvalue weighted by atomic mass is 10.1. The van der Waals surface area contributed by atoms with E-state index in [2.05, 4.69) is 10.3 Å². The Morgan fingerprint density at radius 1 is 1.17 bits per heavy atom. The Morgan fingerprint density at radius 3 is 2.52 bits per heavy atom. The van der Waals surface area contributed by atoms with Crippen molar-refractivity contribution in [2.24, 2.45) is 0 Å². The van der Waals surface area contributed by atoms with Crippen LogP contribution in [-0.2, 0) is 9.53 Å². The number of para-hydroxylation sites is 1. The van der Waals surface area contributed by atoms with Gasteiger partial charge in [0.1, 0.15) is 5.03 Å². The number of carbonyl (C=O) groups excluding carboxylic acids is 2. The Hall–Kier alpha value is -2.34. The number of aryl methyl sites for hydroxylation is 2. The summed E-state index contributed by atoms with van der Waals surface area (Å²) in [5.41, 5.74) is 3.03. The highest BCUT2D eigenvalue weighted by molar-refractivity contribution is 7.98. The Bertz CT molecular complexity index is 711. The number of rotatable bonds is 5. The summed E-state index contributed by atoms with van der Waals surface area (Å²) in [6.07, 6.45) is 3.43. The fourth-order valence-corrected chi connectivity index (χ4v) is 2.64. The summed E-state index contributed by atoms with van der Waals surface area (Å²) in [6.45, 7) is 3.49. The van der Waals surface area contributed by atoms with Crippen molar-refractivity contribution in [3.05, 3.63) is 53.2 Å². The molecule has 1 amide bonds. The van der Waals surface area contributed by atoms with E-state index < -0.39 is 5.97 Å². The van der Waals surface area contributed by atoms with Gasteiger partial charge in [-0.3, -0.25) is 4.79 Å². The lowest BCUT2D eigenvalue weighted by Crippen LogP contribution is -2.22. The number of esters is 1. The van der Waals surface area contributed by atoms with E-state index in [4.69, 9.17) is 4.74 Å². The van der Waals surface area contributed by atoms with Crippen LogP contribution in [0.15, 0.2) is 41.6 Å². The molecule has 2 rings (SSSR count). The summed E-state index contributed by atoms with van der Waals surface area (Å²) in [4.78, 5) is 28.2. The molecule has 0 radical (unpaired) electrons. The molecular weight excluding hydrogens is 312 g/mol. The van der Waals surface area contributed by atoms with Crippen LogP contribution in [0.25, 0.3) is 0 Å². The average molecular weight is 330 g/mol. The maximum atomic E-state index is 12.1. The zero-order chi connectivity index (χ0) is 16.8. The highest BCUT2D eigenvalue weighted by Crippen LogP contribution is 2.20. The van der Waals surface area contributed by atoms with E-state index in [9.17, 15) is 9.59 Å². The second-order valence-corrected chi connectivity index (χ2v) is 5.75. The second kappa shape index (κ2) is 7.78. The van der Waals surface area contributed by atoms with Crippen LogP contribution in [-0.4, -0.2) is 29.7 Å². The van der Waals surface area contributed by atoms with Crippen molar-refractivity contribution in [3.8, 4) is 0 Å². The molecule has 0 unspecified atom stereocenters. The average Bonchev–Trinajstić information content (AvgIpc) is 2.56. The molecule has 0 atom stereocenters. The van der Waals surface area contributed by atoms with Gasteiger partial charge in [-0.2, -0.15) is 0 Å². The third kappa shape index (κ3) is 4.32. The predicted molar refractivity (Wildman–Crippen MR) is 90.8 cm³/mol. The highest BCUT2D eigenvalue weighted by Gasteiger charge is 2.15. The summed E-state index contributed by atoms with van der Waals surface area (Å²) in [5, 5.41) is 3.35. The molecule has 1 N–H and O–H groups in total. The van der Waals surface area contributed by atoms with Crippen LogP contribution in [0.5, 0.6) is 0 Å². The normalized spacial score (nSPS) is 10.2. The molecular formula is C17H18N2O3S. The maximum absolute atomic E-state index is 12.1. The number of hydrogen-bond acceptors (Lipinski definition) is 5. The number of nitrogens with one attached hydrogen (secondary N) is 1. The Balaban J connectivity index is 1.98. The van der Waals surface area contributed by atoms with E-state index in [1.165, 1.54) is 11.8 Å². The molecule has 0 fully saturated rings. The van der Waals surface area contributed by atoms with Gasteiger partial charge in [0.05, 0.1) is 5.56 Å². The van der Waals surface area contributed by atoms with Crippen LogP contribution in [0.3, 0.4) is 0 Å². The topological polar surface area (TPSA) is 68.3 Å². The van der Waals surface area contributed by atoms with Crippen LogP contribution in [0.2, 0.25) is 0 Å². The van der Waals surface area contributed by atoms with E-state index >= 15 is 0 Å². The lowest BCUT2D eigenvalue weighted by molar-refractivity contribution is -0.119. The number of anilines is 1. The molecule has 0 aliphatic carbocycles. The maximum Gasteiger partial charge on any atom is 0.341 e. The molecule has 0 saturated carbocycles. The third-order valence-corrected chi connectivity index (χ3v) is 3.98. The van der Waals surface area contributed by atoms with Gasteiger partial charge >= 0.3 is 5.97 Å². The lowest BCUT2D eigenvalue weighted by Gasteiger charge is -2.12. The first-order valence-corrected chi connectivity index (χ1v) is 8.27. The van der Waals surface area contributed by atoms with Crippen molar-refractivity contribution in [3.63, 3.8) is 0 Å². The van der Waals surface area contributed by atoms with Gasteiger partial charge in [-0.25, -0.2) is 9.78 Å². The van der Waals surface area contributed by atoms with Crippen molar-refractivity contribution in [1.29, 1.82) is 0 Å². The standard InChI is InChI=1S/C17H18N2O3S/c1-11-6-4-7-12(2)15(11)19-14(20)10-22-17(21)13-8-5-9-18-16(13)23-3/h4-9H,10H2,1-3H3,(H,19,20). The molecule has 0 spiro atoms. The van der Waals surface area contributed by atoms with Crippen molar-refractivity contribution < 1.29 is 14.3 Å². The molecule has 6 heteroatoms. The Kier molecular flexibility index (Phi) is 5.76. The van der Waals surface area contributed by atoms with E-state index in [0.29, 0.717) is 10.6 Å². The smallest absolute Gasteiger partial charge is 0.341 e. The van der Waals surface area contributed by atoms with Crippen LogP contribution in [0.4, 0.5) is 5.69 Å². The fourth-order valence-electron chi connectivity index (χ4n) is 2.10. The van der Waals surface area contributed by atoms with Gasteiger partial charge in [0, 0.05) is 11.9 Å². The van der Waals surface area contributed by atoms with Crippen molar-refractivity contribution in [2.75, 3.05) is 18.2 Å². The number of thioether (sulfide) groups is 1.